The molecule has 2 nitrogen and oxygen atoms in total. The normalized spacial score (nSPS) is 12.3. The predicted molar refractivity (Wildman–Crippen MR) is 114 cm³/mol. The van der Waals surface area contributed by atoms with Crippen molar-refractivity contribution < 1.29 is 5.11 Å². The van der Waals surface area contributed by atoms with Gasteiger partial charge in [0.05, 0.1) is 5.69 Å². The van der Waals surface area contributed by atoms with Gasteiger partial charge < -0.3 is 5.11 Å². The fourth-order valence-corrected chi connectivity index (χ4v) is 4.43. The first-order valence-electron chi connectivity index (χ1n) is 8.73. The van der Waals surface area contributed by atoms with Crippen LogP contribution in [0.25, 0.3) is 0 Å². The fourth-order valence-electron chi connectivity index (χ4n) is 2.95. The Morgan fingerprint density at radius 2 is 1.58 bits per heavy atom. The largest absolute Gasteiger partial charge is 0.507 e. The Balaban J connectivity index is 1.90. The van der Waals surface area contributed by atoms with Crippen molar-refractivity contribution in [1.29, 1.82) is 0 Å². The van der Waals surface area contributed by atoms with Crippen molar-refractivity contribution in [1.82, 2.24) is 0 Å². The first-order chi connectivity index (χ1) is 12.5. The third kappa shape index (κ3) is 4.20. The molecule has 0 saturated carbocycles. The molecule has 26 heavy (non-hydrogen) atoms. The molecule has 3 heteroatoms. The molecule has 1 atom stereocenters. The van der Waals surface area contributed by atoms with Gasteiger partial charge in [-0.15, -0.1) is 0 Å². The number of aliphatic imine (C=N–C) groups is 1. The van der Waals surface area contributed by atoms with Crippen LogP contribution in [0.3, 0.4) is 0 Å². The van der Waals surface area contributed by atoms with E-state index in [1.807, 2.05) is 67.7 Å². The van der Waals surface area contributed by atoms with E-state index in [1.165, 1.54) is 5.30 Å². The highest BCUT2D eigenvalue weighted by Gasteiger charge is 2.25. The van der Waals surface area contributed by atoms with Gasteiger partial charge >= 0.3 is 0 Å². The Hall–Kier alpha value is -2.44. The Morgan fingerprint density at radius 1 is 0.885 bits per heavy atom. The summed E-state index contributed by atoms with van der Waals surface area (Å²) in [7, 11) is 0.516. The molecule has 0 spiro atoms. The molecule has 0 aliphatic heterocycles. The summed E-state index contributed by atoms with van der Waals surface area (Å²) in [4.78, 5) is 4.60. The van der Waals surface area contributed by atoms with E-state index in [0.717, 1.165) is 22.4 Å². The SMILES string of the molecule is Cc1cccc(C(C)(C)Pc2ccccc2/C=N/c2ccccc2)c1O. The van der Waals surface area contributed by atoms with Crippen LogP contribution in [-0.4, -0.2) is 11.3 Å². The highest BCUT2D eigenvalue weighted by molar-refractivity contribution is 7.48. The number of aryl methyl sites for hydroxylation is 1. The van der Waals surface area contributed by atoms with Gasteiger partial charge in [0.2, 0.25) is 0 Å². The Kier molecular flexibility index (Phi) is 5.54. The lowest BCUT2D eigenvalue weighted by Crippen LogP contribution is -2.17. The highest BCUT2D eigenvalue weighted by Crippen LogP contribution is 2.45. The molecule has 0 aliphatic carbocycles. The zero-order valence-electron chi connectivity index (χ0n) is 15.4. The molecule has 0 fully saturated rings. The molecule has 3 rings (SSSR count). The lowest BCUT2D eigenvalue weighted by molar-refractivity contribution is 0.457. The van der Waals surface area contributed by atoms with E-state index >= 15 is 0 Å². The van der Waals surface area contributed by atoms with E-state index in [4.69, 9.17) is 0 Å². The van der Waals surface area contributed by atoms with Crippen LogP contribution in [-0.2, 0) is 5.16 Å². The van der Waals surface area contributed by atoms with E-state index in [2.05, 4.69) is 37.0 Å². The number of phenolic OH excluding ortho intramolecular Hbond substituents is 1. The van der Waals surface area contributed by atoms with Crippen LogP contribution in [0.4, 0.5) is 5.69 Å². The number of para-hydroxylation sites is 2. The molecule has 3 aromatic carbocycles. The first-order valence-corrected chi connectivity index (χ1v) is 9.73. The molecular formula is C23H24NOP. The van der Waals surface area contributed by atoms with Crippen molar-refractivity contribution in [3.63, 3.8) is 0 Å². The number of hydrogen-bond acceptors (Lipinski definition) is 2. The number of benzene rings is 3. The molecule has 0 aliphatic rings. The van der Waals surface area contributed by atoms with Gasteiger partial charge in [-0.05, 0) is 29.9 Å². The molecule has 0 saturated heterocycles. The maximum Gasteiger partial charge on any atom is 0.122 e. The molecule has 0 heterocycles. The molecule has 1 unspecified atom stereocenters. The lowest BCUT2D eigenvalue weighted by Gasteiger charge is -2.27. The van der Waals surface area contributed by atoms with E-state index in [1.54, 1.807) is 0 Å². The van der Waals surface area contributed by atoms with Gasteiger partial charge in [0.1, 0.15) is 5.75 Å². The van der Waals surface area contributed by atoms with E-state index in [9.17, 15) is 5.11 Å². The maximum atomic E-state index is 10.5. The molecule has 1 N–H and O–H groups in total. The third-order valence-electron chi connectivity index (χ3n) is 4.43. The Morgan fingerprint density at radius 3 is 2.35 bits per heavy atom. The number of nitrogens with zero attached hydrogens (tertiary/aromatic N) is 1. The van der Waals surface area contributed by atoms with Gasteiger partial charge in [0, 0.05) is 22.5 Å². The molecular weight excluding hydrogens is 337 g/mol. The van der Waals surface area contributed by atoms with Gasteiger partial charge in [0.25, 0.3) is 0 Å². The van der Waals surface area contributed by atoms with Gasteiger partial charge in [-0.25, -0.2) is 0 Å². The fraction of sp³-hybridized carbons (Fsp3) is 0.174. The minimum Gasteiger partial charge on any atom is -0.507 e. The second-order valence-electron chi connectivity index (χ2n) is 6.90. The quantitative estimate of drug-likeness (QED) is 0.459. The van der Waals surface area contributed by atoms with Gasteiger partial charge in [0.15, 0.2) is 0 Å². The van der Waals surface area contributed by atoms with Crippen LogP contribution in [0.15, 0.2) is 77.8 Å². The second-order valence-corrected chi connectivity index (χ2v) is 8.94. The number of rotatable bonds is 5. The van der Waals surface area contributed by atoms with Crippen molar-refractivity contribution in [3.8, 4) is 5.75 Å². The summed E-state index contributed by atoms with van der Waals surface area (Å²) in [5.74, 6) is 0.403. The van der Waals surface area contributed by atoms with Gasteiger partial charge in [-0.2, -0.15) is 0 Å². The van der Waals surface area contributed by atoms with Crippen molar-refractivity contribution in [2.24, 2.45) is 4.99 Å². The minimum atomic E-state index is -0.160. The monoisotopic (exact) mass is 361 g/mol. The predicted octanol–water partition coefficient (Wildman–Crippen LogP) is 5.69. The molecule has 3 aromatic rings. The number of aromatic hydroxyl groups is 1. The third-order valence-corrected chi connectivity index (χ3v) is 6.05. The minimum absolute atomic E-state index is 0.160. The Bertz CT molecular complexity index is 917. The van der Waals surface area contributed by atoms with Crippen molar-refractivity contribution >= 4 is 25.8 Å². The highest BCUT2D eigenvalue weighted by atomic mass is 31.1. The van der Waals surface area contributed by atoms with Crippen LogP contribution >= 0.6 is 8.58 Å². The van der Waals surface area contributed by atoms with Crippen molar-refractivity contribution in [2.75, 3.05) is 0 Å². The summed E-state index contributed by atoms with van der Waals surface area (Å²) >= 11 is 0. The zero-order valence-corrected chi connectivity index (χ0v) is 16.4. The van der Waals surface area contributed by atoms with Crippen LogP contribution in [0, 0.1) is 6.92 Å². The van der Waals surface area contributed by atoms with Crippen molar-refractivity contribution in [2.45, 2.75) is 25.9 Å². The average molecular weight is 361 g/mol. The summed E-state index contributed by atoms with van der Waals surface area (Å²) in [5, 5.41) is 11.6. The number of hydrogen-bond donors (Lipinski definition) is 1. The van der Waals surface area contributed by atoms with Crippen molar-refractivity contribution in [3.05, 3.63) is 89.5 Å². The molecule has 0 aromatic heterocycles. The molecule has 0 amide bonds. The topological polar surface area (TPSA) is 32.6 Å². The van der Waals surface area contributed by atoms with E-state index in [-0.39, 0.29) is 5.16 Å². The van der Waals surface area contributed by atoms with Crippen LogP contribution in [0.2, 0.25) is 0 Å². The summed E-state index contributed by atoms with van der Waals surface area (Å²) in [6.07, 6.45) is 1.93. The maximum absolute atomic E-state index is 10.5. The summed E-state index contributed by atoms with van der Waals surface area (Å²) < 4.78 is 0. The standard InChI is InChI=1S/C23H24NOP/c1-17-10-9-14-20(22(17)25)23(2,3)26-21-15-8-7-11-18(21)16-24-19-12-5-4-6-13-19/h4-16,25-26H,1-3H3/b24-16+. The molecule has 132 valence electrons. The van der Waals surface area contributed by atoms with Gasteiger partial charge in [-0.1, -0.05) is 83.1 Å². The summed E-state index contributed by atoms with van der Waals surface area (Å²) in [6, 6.07) is 24.3. The van der Waals surface area contributed by atoms with Crippen LogP contribution in [0.1, 0.15) is 30.5 Å². The summed E-state index contributed by atoms with van der Waals surface area (Å²) in [5.41, 5.74) is 3.97. The first kappa shape index (κ1) is 18.4. The summed E-state index contributed by atoms with van der Waals surface area (Å²) in [6.45, 7) is 6.31. The zero-order chi connectivity index (χ0) is 18.6. The lowest BCUT2D eigenvalue weighted by atomic mass is 9.99. The molecule has 0 radical (unpaired) electrons. The van der Waals surface area contributed by atoms with E-state index in [0.29, 0.717) is 14.3 Å². The smallest absolute Gasteiger partial charge is 0.122 e. The van der Waals surface area contributed by atoms with E-state index < -0.39 is 0 Å². The average Bonchev–Trinajstić information content (AvgIpc) is 2.64. The molecule has 0 bridgehead atoms. The van der Waals surface area contributed by atoms with Gasteiger partial charge in [-0.3, -0.25) is 4.99 Å². The van der Waals surface area contributed by atoms with Crippen LogP contribution < -0.4 is 5.30 Å². The van der Waals surface area contributed by atoms with Crippen LogP contribution in [0.5, 0.6) is 5.75 Å². The Labute approximate surface area is 157 Å². The second kappa shape index (κ2) is 7.85. The number of phenols is 1.